The van der Waals surface area contributed by atoms with E-state index in [2.05, 4.69) is 55.6 Å². The highest BCUT2D eigenvalue weighted by molar-refractivity contribution is 8.06. The highest BCUT2D eigenvalue weighted by Crippen LogP contribution is 2.31. The zero-order chi connectivity index (χ0) is 21.5. The van der Waals surface area contributed by atoms with Crippen LogP contribution in [-0.4, -0.2) is 47.8 Å². The summed E-state index contributed by atoms with van der Waals surface area (Å²) in [6.45, 7) is 6.02. The molecule has 8 nitrogen and oxygen atoms in total. The van der Waals surface area contributed by atoms with Crippen molar-refractivity contribution >= 4 is 29.1 Å². The van der Waals surface area contributed by atoms with Gasteiger partial charge in [-0.3, -0.25) is 0 Å². The van der Waals surface area contributed by atoms with Gasteiger partial charge in [0.15, 0.2) is 0 Å². The van der Waals surface area contributed by atoms with Gasteiger partial charge in [0, 0.05) is 37.7 Å². The second kappa shape index (κ2) is 10.3. The minimum absolute atomic E-state index is 0.510. The molecule has 4 heterocycles. The Morgan fingerprint density at radius 3 is 2.87 bits per heavy atom. The maximum Gasteiger partial charge on any atom is 0.223 e. The first-order valence-electron chi connectivity index (χ1n) is 10.4. The molecule has 0 spiro atoms. The van der Waals surface area contributed by atoms with Crippen molar-refractivity contribution in [1.82, 2.24) is 20.3 Å². The lowest BCUT2D eigenvalue weighted by Crippen LogP contribution is -2.36. The van der Waals surface area contributed by atoms with Gasteiger partial charge in [0.2, 0.25) is 5.95 Å². The zero-order valence-corrected chi connectivity index (χ0v) is 18.3. The average molecular weight is 436 g/mol. The predicted molar refractivity (Wildman–Crippen MR) is 123 cm³/mol. The van der Waals surface area contributed by atoms with Gasteiger partial charge < -0.3 is 20.3 Å². The van der Waals surface area contributed by atoms with Crippen LogP contribution in [0.5, 0.6) is 0 Å². The lowest BCUT2D eigenvalue weighted by molar-refractivity contribution is 0.122. The van der Waals surface area contributed by atoms with E-state index in [4.69, 9.17) is 4.74 Å². The van der Waals surface area contributed by atoms with Crippen LogP contribution in [0.3, 0.4) is 0 Å². The number of nitriles is 1. The normalized spacial score (nSPS) is 17.5. The molecule has 0 atom stereocenters. The van der Waals surface area contributed by atoms with E-state index < -0.39 is 0 Å². The third-order valence-corrected chi connectivity index (χ3v) is 6.01. The Labute approximate surface area is 186 Å². The van der Waals surface area contributed by atoms with Crippen LogP contribution in [0.25, 0.3) is 5.57 Å². The second-order valence-electron chi connectivity index (χ2n) is 7.12. The minimum atomic E-state index is 0.510. The standard InChI is InChI=1S/C22H25N7OS/c1-2-17-15-31-21(27-17)18(13-23)19-6-8-25-22(28-19)24-7-5-16-3-4-20(26-14-16)29-9-11-30-12-10-29/h3-4,6,8,14-15,27H,2,5,7,9-12H2,1H3,(H,24,25,28)/b21-18+. The first-order valence-corrected chi connectivity index (χ1v) is 11.3. The molecule has 0 aliphatic carbocycles. The number of thioether (sulfide) groups is 1. The molecular formula is C22H25N7OS. The van der Waals surface area contributed by atoms with E-state index >= 15 is 0 Å². The highest BCUT2D eigenvalue weighted by atomic mass is 32.2. The Kier molecular flexibility index (Phi) is 7.02. The predicted octanol–water partition coefficient (Wildman–Crippen LogP) is 3.14. The fraction of sp³-hybridized carbons (Fsp3) is 0.364. The van der Waals surface area contributed by atoms with Gasteiger partial charge in [-0.25, -0.2) is 15.0 Å². The topological polar surface area (TPSA) is 99.0 Å². The van der Waals surface area contributed by atoms with Crippen LogP contribution in [-0.2, 0) is 11.2 Å². The summed E-state index contributed by atoms with van der Waals surface area (Å²) in [6.07, 6.45) is 5.30. The van der Waals surface area contributed by atoms with Crippen molar-refractivity contribution < 1.29 is 4.74 Å². The summed E-state index contributed by atoms with van der Waals surface area (Å²) >= 11 is 1.52. The van der Waals surface area contributed by atoms with Crippen molar-refractivity contribution in [2.24, 2.45) is 0 Å². The number of aromatic nitrogens is 3. The van der Waals surface area contributed by atoms with Crippen molar-refractivity contribution in [3.8, 4) is 6.07 Å². The van der Waals surface area contributed by atoms with Crippen LogP contribution in [0.1, 0.15) is 24.6 Å². The molecular weight excluding hydrogens is 410 g/mol. The number of morpholine rings is 1. The van der Waals surface area contributed by atoms with Crippen molar-refractivity contribution in [2.45, 2.75) is 19.8 Å². The molecule has 0 radical (unpaired) electrons. The first-order chi connectivity index (χ1) is 15.3. The van der Waals surface area contributed by atoms with Gasteiger partial charge in [0.1, 0.15) is 17.5 Å². The van der Waals surface area contributed by atoms with E-state index in [1.54, 1.807) is 12.3 Å². The number of pyridine rings is 1. The summed E-state index contributed by atoms with van der Waals surface area (Å²) in [5.74, 6) is 1.50. The quantitative estimate of drug-likeness (QED) is 0.635. The van der Waals surface area contributed by atoms with E-state index in [-0.39, 0.29) is 0 Å². The SMILES string of the molecule is CCC1=CS/C(=C(\C#N)c2ccnc(NCCc3ccc(N4CCOCC4)nc3)n2)N1. The number of nitrogens with one attached hydrogen (secondary N) is 2. The number of allylic oxidation sites excluding steroid dienone is 2. The van der Waals surface area contributed by atoms with Gasteiger partial charge in [0.05, 0.1) is 23.9 Å². The number of rotatable bonds is 7. The van der Waals surface area contributed by atoms with Gasteiger partial charge >= 0.3 is 0 Å². The number of hydrogen-bond donors (Lipinski definition) is 2. The van der Waals surface area contributed by atoms with Crippen molar-refractivity contribution in [3.05, 3.63) is 58.0 Å². The largest absolute Gasteiger partial charge is 0.378 e. The summed E-state index contributed by atoms with van der Waals surface area (Å²) in [4.78, 5) is 15.7. The molecule has 2 aromatic heterocycles. The molecule has 0 amide bonds. The van der Waals surface area contributed by atoms with Crippen LogP contribution in [0, 0.1) is 11.3 Å². The Morgan fingerprint density at radius 1 is 1.29 bits per heavy atom. The van der Waals surface area contributed by atoms with E-state index in [1.807, 2.05) is 11.6 Å². The Balaban J connectivity index is 1.34. The maximum atomic E-state index is 9.65. The summed E-state index contributed by atoms with van der Waals surface area (Å²) in [6, 6.07) is 8.20. The smallest absolute Gasteiger partial charge is 0.223 e. The zero-order valence-electron chi connectivity index (χ0n) is 17.5. The lowest BCUT2D eigenvalue weighted by atomic mass is 10.2. The molecule has 0 saturated carbocycles. The highest BCUT2D eigenvalue weighted by Gasteiger charge is 2.17. The van der Waals surface area contributed by atoms with E-state index in [0.717, 1.165) is 61.3 Å². The van der Waals surface area contributed by atoms with Crippen molar-refractivity contribution in [2.75, 3.05) is 43.1 Å². The van der Waals surface area contributed by atoms with Crippen molar-refractivity contribution in [3.63, 3.8) is 0 Å². The summed E-state index contributed by atoms with van der Waals surface area (Å²) in [5, 5.41) is 19.0. The van der Waals surface area contributed by atoms with E-state index in [1.165, 1.54) is 11.8 Å². The molecule has 9 heteroatoms. The number of anilines is 2. The first kappa shape index (κ1) is 21.2. The van der Waals surface area contributed by atoms with Gasteiger partial charge in [-0.15, -0.1) is 0 Å². The van der Waals surface area contributed by atoms with Gasteiger partial charge in [-0.2, -0.15) is 5.26 Å². The Hall–Kier alpha value is -3.09. The molecule has 160 valence electrons. The summed E-state index contributed by atoms with van der Waals surface area (Å²) in [7, 11) is 0. The second-order valence-corrected chi connectivity index (χ2v) is 8.00. The van der Waals surface area contributed by atoms with E-state index in [0.29, 0.717) is 23.8 Å². The molecule has 2 N–H and O–H groups in total. The monoisotopic (exact) mass is 435 g/mol. The maximum absolute atomic E-state index is 9.65. The molecule has 1 fully saturated rings. The fourth-order valence-corrected chi connectivity index (χ4v) is 4.24. The number of nitrogens with zero attached hydrogens (tertiary/aromatic N) is 5. The van der Waals surface area contributed by atoms with Gasteiger partial charge in [-0.05, 0) is 35.9 Å². The molecule has 2 aliphatic heterocycles. The lowest BCUT2D eigenvalue weighted by Gasteiger charge is -2.27. The Bertz CT molecular complexity index is 1010. The average Bonchev–Trinajstić information content (AvgIpc) is 3.30. The molecule has 0 aromatic carbocycles. The van der Waals surface area contributed by atoms with Crippen LogP contribution in [0.2, 0.25) is 0 Å². The van der Waals surface area contributed by atoms with E-state index in [9.17, 15) is 5.26 Å². The van der Waals surface area contributed by atoms with Crippen LogP contribution >= 0.6 is 11.8 Å². The Morgan fingerprint density at radius 2 is 2.16 bits per heavy atom. The third-order valence-electron chi connectivity index (χ3n) is 5.07. The molecule has 4 rings (SSSR count). The van der Waals surface area contributed by atoms with Crippen LogP contribution in [0.4, 0.5) is 11.8 Å². The van der Waals surface area contributed by atoms with Crippen LogP contribution in [0.15, 0.2) is 46.7 Å². The molecule has 31 heavy (non-hydrogen) atoms. The number of ether oxygens (including phenoxy) is 1. The molecule has 2 aliphatic rings. The van der Waals surface area contributed by atoms with Gasteiger partial charge in [-0.1, -0.05) is 24.8 Å². The summed E-state index contributed by atoms with van der Waals surface area (Å²) in [5.41, 5.74) is 3.38. The number of hydrogen-bond acceptors (Lipinski definition) is 9. The molecule has 0 bridgehead atoms. The van der Waals surface area contributed by atoms with Crippen molar-refractivity contribution in [1.29, 1.82) is 5.26 Å². The fourth-order valence-electron chi connectivity index (χ4n) is 3.30. The minimum Gasteiger partial charge on any atom is -0.378 e. The van der Waals surface area contributed by atoms with Gasteiger partial charge in [0.25, 0.3) is 0 Å². The molecule has 2 aromatic rings. The summed E-state index contributed by atoms with van der Waals surface area (Å²) < 4.78 is 5.39. The molecule has 1 saturated heterocycles. The third kappa shape index (κ3) is 5.34. The van der Waals surface area contributed by atoms with Crippen LogP contribution < -0.4 is 15.5 Å². The molecule has 0 unspecified atom stereocenters.